The highest BCUT2D eigenvalue weighted by molar-refractivity contribution is 6.09. The maximum absolute atomic E-state index is 5.71. The summed E-state index contributed by atoms with van der Waals surface area (Å²) in [7, 11) is 6.71. The van der Waals surface area contributed by atoms with E-state index in [2.05, 4.69) is 72.8 Å². The van der Waals surface area contributed by atoms with E-state index in [0.717, 1.165) is 79.0 Å². The second-order valence-corrected chi connectivity index (χ2v) is 14.0. The summed E-state index contributed by atoms with van der Waals surface area (Å²) in [5.41, 5.74) is 9.73. The molecule has 0 saturated carbocycles. The lowest BCUT2D eigenvalue weighted by Gasteiger charge is -2.22. The van der Waals surface area contributed by atoms with Crippen molar-refractivity contribution >= 4 is 21.8 Å². The minimum atomic E-state index is 0.614. The first kappa shape index (κ1) is 37.7. The van der Waals surface area contributed by atoms with Crippen molar-refractivity contribution in [2.75, 3.05) is 28.4 Å². The van der Waals surface area contributed by atoms with Gasteiger partial charge in [0.1, 0.15) is 45.5 Å². The van der Waals surface area contributed by atoms with Gasteiger partial charge < -0.3 is 18.9 Å². The third kappa shape index (κ3) is 7.05. The van der Waals surface area contributed by atoms with Gasteiger partial charge in [-0.05, 0) is 84.9 Å². The van der Waals surface area contributed by atoms with Crippen LogP contribution in [0.25, 0.3) is 44.6 Å². The van der Waals surface area contributed by atoms with Gasteiger partial charge in [0.15, 0.2) is 11.0 Å². The minimum absolute atomic E-state index is 0.614. The van der Waals surface area contributed by atoms with Crippen LogP contribution in [0.3, 0.4) is 0 Å². The van der Waals surface area contributed by atoms with E-state index >= 15 is 0 Å². The van der Waals surface area contributed by atoms with E-state index in [4.69, 9.17) is 38.9 Å². The maximum atomic E-state index is 5.71. The fraction of sp³-hybridized carbons (Fsp3) is 0.0769. The first-order chi connectivity index (χ1) is 29.6. The molecule has 0 aliphatic carbocycles. The van der Waals surface area contributed by atoms with Gasteiger partial charge >= 0.3 is 0 Å². The molecule has 290 valence electrons. The van der Waals surface area contributed by atoms with Gasteiger partial charge in [0.05, 0.1) is 84.7 Å². The minimum Gasteiger partial charge on any atom is -0.496 e. The molecule has 0 aliphatic heterocycles. The topological polar surface area (TPSA) is 88.5 Å². The number of rotatable bonds is 12. The van der Waals surface area contributed by atoms with E-state index in [1.807, 2.05) is 84.9 Å². The van der Waals surface area contributed by atoms with E-state index < -0.39 is 0 Å². The van der Waals surface area contributed by atoms with Crippen LogP contribution < -0.4 is 18.9 Å². The highest BCUT2D eigenvalue weighted by Crippen LogP contribution is 2.47. The van der Waals surface area contributed by atoms with Crippen molar-refractivity contribution in [3.05, 3.63) is 215 Å². The number of methoxy groups -OCH3 is 4. The first-order valence-electron chi connectivity index (χ1n) is 19.5. The molecule has 0 fully saturated rings. The Hall–Kier alpha value is -7.84. The van der Waals surface area contributed by atoms with Crippen LogP contribution in [0, 0.1) is 11.8 Å². The lowest BCUT2D eigenvalue weighted by Crippen LogP contribution is -2.13. The fourth-order valence-corrected chi connectivity index (χ4v) is 7.77. The van der Waals surface area contributed by atoms with Gasteiger partial charge in [-0.1, -0.05) is 24.3 Å². The van der Waals surface area contributed by atoms with Crippen molar-refractivity contribution in [1.29, 1.82) is 0 Å². The monoisotopic (exact) mass is 784 g/mol. The van der Waals surface area contributed by atoms with Crippen LogP contribution in [0.15, 0.2) is 170 Å². The van der Waals surface area contributed by atoms with Crippen molar-refractivity contribution in [2.45, 2.75) is 0 Å². The van der Waals surface area contributed by atoms with E-state index in [9.17, 15) is 0 Å². The first-order valence-corrected chi connectivity index (χ1v) is 19.5. The molecule has 0 saturated heterocycles. The van der Waals surface area contributed by atoms with E-state index in [0.29, 0.717) is 33.8 Å². The largest absolute Gasteiger partial charge is 0.496 e. The van der Waals surface area contributed by atoms with Crippen LogP contribution >= 0.6 is 0 Å². The molecular formula is C52H40N4O4+2. The number of pyridine rings is 2. The molecule has 3 aromatic heterocycles. The summed E-state index contributed by atoms with van der Waals surface area (Å²) >= 11 is 0. The molecule has 8 heteroatoms. The normalized spacial score (nSPS) is 11.0. The molecule has 0 atom stereocenters. The van der Waals surface area contributed by atoms with Crippen LogP contribution in [0.5, 0.6) is 23.0 Å². The highest BCUT2D eigenvalue weighted by atomic mass is 16.5. The van der Waals surface area contributed by atoms with Crippen molar-refractivity contribution < 1.29 is 18.9 Å². The SMILES string of the molecule is COc1ccc([C+](c2ccc(OC)cc2)c2c3ccccc3c([C+](c3ccc(OC)cc3)c3ccc(OC)cc3)c3nc(-c4ccccn4)c(-c4ccccn4)nc23)cc1. The highest BCUT2D eigenvalue weighted by Gasteiger charge is 2.37. The molecule has 0 bridgehead atoms. The number of fused-ring (bicyclic) bond motifs is 2. The Balaban J connectivity index is 1.47. The molecule has 6 aromatic carbocycles. The number of hydrogen-bond donors (Lipinski definition) is 0. The zero-order valence-electron chi connectivity index (χ0n) is 33.6. The number of ether oxygens (including phenoxy) is 4. The summed E-state index contributed by atoms with van der Waals surface area (Å²) in [4.78, 5) is 21.1. The third-order valence-corrected chi connectivity index (χ3v) is 10.7. The Labute approximate surface area is 349 Å². The van der Waals surface area contributed by atoms with Crippen LogP contribution in [0.2, 0.25) is 0 Å². The van der Waals surface area contributed by atoms with Crippen LogP contribution in [0.4, 0.5) is 0 Å². The molecule has 0 spiro atoms. The predicted molar refractivity (Wildman–Crippen MR) is 237 cm³/mol. The summed E-state index contributed by atoms with van der Waals surface area (Å²) in [5.74, 6) is 4.97. The van der Waals surface area contributed by atoms with Crippen LogP contribution in [-0.4, -0.2) is 48.4 Å². The smallest absolute Gasteiger partial charge is 0.169 e. The molecule has 60 heavy (non-hydrogen) atoms. The fourth-order valence-electron chi connectivity index (χ4n) is 7.77. The van der Waals surface area contributed by atoms with Gasteiger partial charge in [-0.15, -0.1) is 0 Å². The van der Waals surface area contributed by atoms with Gasteiger partial charge in [-0.2, -0.15) is 0 Å². The van der Waals surface area contributed by atoms with E-state index in [1.54, 1.807) is 40.8 Å². The Morgan fingerprint density at radius 1 is 0.350 bits per heavy atom. The van der Waals surface area contributed by atoms with Crippen molar-refractivity contribution in [2.24, 2.45) is 0 Å². The van der Waals surface area contributed by atoms with Gasteiger partial charge in [-0.25, -0.2) is 9.97 Å². The summed E-state index contributed by atoms with van der Waals surface area (Å²) in [6.45, 7) is 0. The molecule has 0 amide bonds. The van der Waals surface area contributed by atoms with Crippen molar-refractivity contribution in [3.63, 3.8) is 0 Å². The Bertz CT molecular complexity index is 2590. The lowest BCUT2D eigenvalue weighted by molar-refractivity contribution is 0.414. The molecule has 8 nitrogen and oxygen atoms in total. The van der Waals surface area contributed by atoms with E-state index in [-0.39, 0.29) is 0 Å². The van der Waals surface area contributed by atoms with Crippen molar-refractivity contribution in [1.82, 2.24) is 19.9 Å². The molecular weight excluding hydrogens is 745 g/mol. The Morgan fingerprint density at radius 2 is 0.650 bits per heavy atom. The number of benzene rings is 6. The summed E-state index contributed by atoms with van der Waals surface area (Å²) in [5, 5.41) is 1.99. The molecule has 0 aliphatic rings. The third-order valence-electron chi connectivity index (χ3n) is 10.7. The van der Waals surface area contributed by atoms with Gasteiger partial charge in [-0.3, -0.25) is 9.97 Å². The summed E-state index contributed by atoms with van der Waals surface area (Å²) in [6.07, 6.45) is 3.56. The predicted octanol–water partition coefficient (Wildman–Crippen LogP) is 11.0. The number of nitrogens with zero attached hydrogens (tertiary/aromatic N) is 4. The average molecular weight is 785 g/mol. The average Bonchev–Trinajstić information content (AvgIpc) is 3.33. The second kappa shape index (κ2) is 16.6. The zero-order valence-corrected chi connectivity index (χ0v) is 33.6. The molecule has 0 N–H and O–H groups in total. The Kier molecular flexibility index (Phi) is 10.4. The molecule has 0 unspecified atom stereocenters. The quantitative estimate of drug-likeness (QED) is 0.0687. The van der Waals surface area contributed by atoms with Gasteiger partial charge in [0.25, 0.3) is 0 Å². The molecule has 9 rings (SSSR count). The number of hydrogen-bond acceptors (Lipinski definition) is 8. The Morgan fingerprint density at radius 3 is 0.917 bits per heavy atom. The molecule has 3 heterocycles. The van der Waals surface area contributed by atoms with E-state index in [1.165, 1.54) is 0 Å². The zero-order chi connectivity index (χ0) is 41.0. The second-order valence-electron chi connectivity index (χ2n) is 14.0. The molecule has 9 aromatic rings. The van der Waals surface area contributed by atoms with Gasteiger partial charge in [0, 0.05) is 60.9 Å². The molecule has 0 radical (unpaired) electrons. The summed E-state index contributed by atoms with van der Waals surface area (Å²) < 4.78 is 22.5. The van der Waals surface area contributed by atoms with Crippen molar-refractivity contribution in [3.8, 4) is 45.8 Å². The standard InChI is InChI=1S/C52H40N4O4/c1-57-37-23-15-33(16-24-37)45(34-17-25-38(58-2)26-18-34)47-41-11-5-6-12-42(41)48(46(35-19-27-39(59-3)28-20-35)36-21-29-40(60-4)30-22-36)52-51(47)55-49(43-13-7-9-31-53-43)50(56-52)44-14-8-10-32-54-44/h5-32H,1-4H3/q+2. The maximum Gasteiger partial charge on any atom is 0.169 e. The summed E-state index contributed by atoms with van der Waals surface area (Å²) in [6, 6.07) is 52.8. The van der Waals surface area contributed by atoms with Crippen LogP contribution in [0.1, 0.15) is 33.4 Å². The van der Waals surface area contributed by atoms with Crippen LogP contribution in [-0.2, 0) is 0 Å². The number of aromatic nitrogens is 4. The lowest BCUT2D eigenvalue weighted by atomic mass is 9.77. The van der Waals surface area contributed by atoms with Gasteiger partial charge in [0.2, 0.25) is 0 Å².